The first-order chi connectivity index (χ1) is 12.7. The van der Waals surface area contributed by atoms with Gasteiger partial charge in [-0.1, -0.05) is 17.3 Å². The summed E-state index contributed by atoms with van der Waals surface area (Å²) in [7, 11) is 1.63. The van der Waals surface area contributed by atoms with E-state index in [0.29, 0.717) is 38.9 Å². The predicted octanol–water partition coefficient (Wildman–Crippen LogP) is 1.48. The molecule has 2 aliphatic heterocycles. The van der Waals surface area contributed by atoms with Crippen LogP contribution in [0.4, 0.5) is 0 Å². The quantitative estimate of drug-likeness (QED) is 0.767. The maximum absolute atomic E-state index is 12.7. The topological polar surface area (TPSA) is 89.4 Å². The van der Waals surface area contributed by atoms with E-state index in [9.17, 15) is 4.79 Å². The summed E-state index contributed by atoms with van der Waals surface area (Å²) < 4.78 is 10.9. The highest BCUT2D eigenvalue weighted by atomic mass is 16.6. The molecule has 1 amide bonds. The third-order valence-electron chi connectivity index (χ3n) is 5.10. The summed E-state index contributed by atoms with van der Waals surface area (Å²) in [6, 6.07) is 7.71. The summed E-state index contributed by atoms with van der Waals surface area (Å²) in [5, 5.41) is 16.1. The molecule has 0 spiro atoms. The molecule has 26 heavy (non-hydrogen) atoms. The summed E-state index contributed by atoms with van der Waals surface area (Å²) in [4.78, 5) is 18.4. The molecule has 7 heteroatoms. The number of para-hydroxylation sites is 1. The van der Waals surface area contributed by atoms with Crippen molar-refractivity contribution in [1.29, 1.82) is 0 Å². The van der Waals surface area contributed by atoms with E-state index in [1.807, 2.05) is 24.3 Å². The minimum Gasteiger partial charge on any atom is -0.496 e. The van der Waals surface area contributed by atoms with Crippen molar-refractivity contribution in [2.45, 2.75) is 31.8 Å². The fraction of sp³-hybridized carbons (Fsp3) is 0.579. The maximum Gasteiger partial charge on any atom is 0.226 e. The highest BCUT2D eigenvalue weighted by Gasteiger charge is 2.43. The molecule has 142 valence electrons. The molecule has 0 unspecified atom stereocenters. The molecule has 2 aliphatic rings. The van der Waals surface area contributed by atoms with Crippen LogP contribution in [0, 0.1) is 5.41 Å². The zero-order valence-electron chi connectivity index (χ0n) is 15.1. The number of rotatable bonds is 7. The van der Waals surface area contributed by atoms with Gasteiger partial charge >= 0.3 is 0 Å². The van der Waals surface area contributed by atoms with Gasteiger partial charge in [-0.25, -0.2) is 0 Å². The van der Waals surface area contributed by atoms with Gasteiger partial charge in [0.15, 0.2) is 0 Å². The lowest BCUT2D eigenvalue weighted by atomic mass is 9.74. The molecule has 3 rings (SSSR count). The number of nitrogens with zero attached hydrogens (tertiary/aromatic N) is 1. The second-order valence-corrected chi connectivity index (χ2v) is 6.75. The summed E-state index contributed by atoms with van der Waals surface area (Å²) in [5.74, 6) is 0.723. The average molecular weight is 362 g/mol. The Kier molecular flexibility index (Phi) is 6.11. The number of carbonyl (C=O) groups is 1. The molecular formula is C19H26N2O5. The van der Waals surface area contributed by atoms with E-state index in [1.165, 1.54) is 0 Å². The lowest BCUT2D eigenvalue weighted by Gasteiger charge is -2.36. The molecule has 0 aromatic heterocycles. The number of ether oxygens (including phenoxy) is 2. The number of aliphatic hydroxyl groups is 1. The lowest BCUT2D eigenvalue weighted by molar-refractivity contribution is -0.140. The number of oxime groups is 1. The molecule has 0 saturated carbocycles. The van der Waals surface area contributed by atoms with Crippen LogP contribution in [-0.4, -0.2) is 56.3 Å². The van der Waals surface area contributed by atoms with Crippen molar-refractivity contribution in [3.63, 3.8) is 0 Å². The van der Waals surface area contributed by atoms with E-state index >= 15 is 0 Å². The second-order valence-electron chi connectivity index (χ2n) is 6.75. The highest BCUT2D eigenvalue weighted by Crippen LogP contribution is 2.39. The van der Waals surface area contributed by atoms with Crippen LogP contribution in [0.25, 0.3) is 0 Å². The average Bonchev–Trinajstić information content (AvgIpc) is 3.14. The predicted molar refractivity (Wildman–Crippen MR) is 96.2 cm³/mol. The van der Waals surface area contributed by atoms with Crippen LogP contribution in [0.1, 0.15) is 31.2 Å². The number of hydrogen-bond donors (Lipinski definition) is 2. The standard InChI is InChI=1S/C19H26N2O5/c1-24-17-5-3-2-4-15(17)16-12-14(26-21-16)13-19(6-10-25-11-7-19)18(23)20-8-9-22/h2-5,14,22H,6-13H2,1H3,(H,20,23)/t14-/m0/s1. The van der Waals surface area contributed by atoms with E-state index in [2.05, 4.69) is 10.5 Å². The molecular weight excluding hydrogens is 336 g/mol. The van der Waals surface area contributed by atoms with Gasteiger partial charge in [-0.3, -0.25) is 4.79 Å². The van der Waals surface area contributed by atoms with Gasteiger partial charge in [0.1, 0.15) is 11.9 Å². The normalized spacial score (nSPS) is 21.6. The van der Waals surface area contributed by atoms with E-state index in [1.54, 1.807) is 7.11 Å². The lowest BCUT2D eigenvalue weighted by Crippen LogP contribution is -2.47. The van der Waals surface area contributed by atoms with Crippen LogP contribution in [0.5, 0.6) is 5.75 Å². The van der Waals surface area contributed by atoms with Crippen molar-refractivity contribution in [1.82, 2.24) is 5.32 Å². The zero-order chi connectivity index (χ0) is 18.4. The summed E-state index contributed by atoms with van der Waals surface area (Å²) in [5.41, 5.74) is 1.22. The van der Waals surface area contributed by atoms with E-state index in [4.69, 9.17) is 19.4 Å². The van der Waals surface area contributed by atoms with Crippen molar-refractivity contribution in [2.24, 2.45) is 10.6 Å². The van der Waals surface area contributed by atoms with Crippen molar-refractivity contribution >= 4 is 11.6 Å². The van der Waals surface area contributed by atoms with E-state index < -0.39 is 5.41 Å². The SMILES string of the molecule is COc1ccccc1C1=NO[C@H](CC2(C(=O)NCCO)CCOCC2)C1. The van der Waals surface area contributed by atoms with Gasteiger partial charge in [0.05, 0.1) is 24.8 Å². The molecule has 1 fully saturated rings. The Hall–Kier alpha value is -2.12. The van der Waals surface area contributed by atoms with Gasteiger partial charge in [0.2, 0.25) is 5.91 Å². The number of carbonyl (C=O) groups excluding carboxylic acids is 1. The van der Waals surface area contributed by atoms with Crippen LogP contribution >= 0.6 is 0 Å². The smallest absolute Gasteiger partial charge is 0.226 e. The van der Waals surface area contributed by atoms with Gasteiger partial charge in [-0.05, 0) is 25.0 Å². The van der Waals surface area contributed by atoms with Gasteiger partial charge in [0.25, 0.3) is 0 Å². The fourth-order valence-corrected chi connectivity index (χ4v) is 3.66. The number of benzene rings is 1. The Labute approximate surface area is 153 Å². The van der Waals surface area contributed by atoms with Crippen molar-refractivity contribution < 1.29 is 24.2 Å². The van der Waals surface area contributed by atoms with E-state index in [0.717, 1.165) is 17.0 Å². The van der Waals surface area contributed by atoms with Gasteiger partial charge < -0.3 is 24.7 Å². The molecule has 2 N–H and O–H groups in total. The Balaban J connectivity index is 1.69. The molecule has 1 saturated heterocycles. The summed E-state index contributed by atoms with van der Waals surface area (Å²) in [6.07, 6.45) is 2.35. The Morgan fingerprint density at radius 3 is 2.88 bits per heavy atom. The van der Waals surface area contributed by atoms with Crippen LogP contribution in [0.2, 0.25) is 0 Å². The molecule has 1 aromatic rings. The second kappa shape index (κ2) is 8.51. The van der Waals surface area contributed by atoms with Crippen molar-refractivity contribution in [3.05, 3.63) is 29.8 Å². The first-order valence-corrected chi connectivity index (χ1v) is 9.01. The molecule has 1 atom stereocenters. The van der Waals surface area contributed by atoms with Crippen LogP contribution < -0.4 is 10.1 Å². The van der Waals surface area contributed by atoms with Crippen molar-refractivity contribution in [3.8, 4) is 5.75 Å². The minimum absolute atomic E-state index is 0.0378. The fourth-order valence-electron chi connectivity index (χ4n) is 3.66. The molecule has 2 heterocycles. The Morgan fingerprint density at radius 1 is 1.38 bits per heavy atom. The molecule has 1 aromatic carbocycles. The van der Waals surface area contributed by atoms with Gasteiger partial charge in [0, 0.05) is 38.2 Å². The number of hydrogen-bond acceptors (Lipinski definition) is 6. The minimum atomic E-state index is -0.538. The Bertz CT molecular complexity index is 655. The molecule has 7 nitrogen and oxygen atoms in total. The third kappa shape index (κ3) is 3.99. The summed E-state index contributed by atoms with van der Waals surface area (Å²) >= 11 is 0. The number of aliphatic hydroxyl groups excluding tert-OH is 1. The van der Waals surface area contributed by atoms with E-state index in [-0.39, 0.29) is 25.2 Å². The van der Waals surface area contributed by atoms with Crippen LogP contribution in [-0.2, 0) is 14.4 Å². The molecule has 0 radical (unpaired) electrons. The zero-order valence-corrected chi connectivity index (χ0v) is 15.1. The molecule has 0 aliphatic carbocycles. The molecule has 0 bridgehead atoms. The monoisotopic (exact) mass is 362 g/mol. The highest BCUT2D eigenvalue weighted by molar-refractivity contribution is 6.03. The van der Waals surface area contributed by atoms with Crippen LogP contribution in [0.15, 0.2) is 29.4 Å². The number of nitrogens with one attached hydrogen (secondary N) is 1. The number of amides is 1. The number of methoxy groups -OCH3 is 1. The first kappa shape index (κ1) is 18.7. The summed E-state index contributed by atoms with van der Waals surface area (Å²) in [6.45, 7) is 1.30. The largest absolute Gasteiger partial charge is 0.496 e. The first-order valence-electron chi connectivity index (χ1n) is 9.01. The van der Waals surface area contributed by atoms with Gasteiger partial charge in [-0.2, -0.15) is 0 Å². The van der Waals surface area contributed by atoms with Crippen LogP contribution in [0.3, 0.4) is 0 Å². The van der Waals surface area contributed by atoms with Crippen molar-refractivity contribution in [2.75, 3.05) is 33.5 Å². The van der Waals surface area contributed by atoms with Gasteiger partial charge in [-0.15, -0.1) is 0 Å². The third-order valence-corrected chi connectivity index (χ3v) is 5.10. The maximum atomic E-state index is 12.7. The Morgan fingerprint density at radius 2 is 2.15 bits per heavy atom.